The number of aromatic nitrogens is 2. The second-order valence-corrected chi connectivity index (χ2v) is 7.32. The molecule has 0 spiro atoms. The number of aryl methyl sites for hydroxylation is 3. The molecule has 7 heteroatoms. The Labute approximate surface area is 179 Å². The molecule has 1 N–H and O–H groups in total. The van der Waals surface area contributed by atoms with Gasteiger partial charge >= 0.3 is 5.97 Å². The molecule has 4 rings (SSSR count). The van der Waals surface area contributed by atoms with E-state index in [2.05, 4.69) is 10.1 Å². The molecule has 0 aliphatic rings. The molecule has 0 aliphatic heterocycles. The third kappa shape index (κ3) is 4.67. The molecule has 31 heavy (non-hydrogen) atoms. The fourth-order valence-corrected chi connectivity index (χ4v) is 3.49. The van der Waals surface area contributed by atoms with Gasteiger partial charge in [-0.2, -0.15) is 0 Å². The summed E-state index contributed by atoms with van der Waals surface area (Å²) in [6.07, 6.45) is 0.284. The second kappa shape index (κ2) is 9.14. The number of rotatable bonds is 8. The summed E-state index contributed by atoms with van der Waals surface area (Å²) in [4.78, 5) is 16.3. The number of hydrogen-bond donors (Lipinski definition) is 1. The number of aliphatic hydroxyl groups excluding tert-OH is 1. The minimum atomic E-state index is -1.20. The van der Waals surface area contributed by atoms with Crippen molar-refractivity contribution in [3.8, 4) is 11.5 Å². The molecule has 2 heterocycles. The highest BCUT2D eigenvalue weighted by Gasteiger charge is 2.18. The maximum absolute atomic E-state index is 11.6. The number of ether oxygens (including phenoxy) is 1. The topological polar surface area (TPSA) is 98.6 Å². The van der Waals surface area contributed by atoms with Gasteiger partial charge < -0.3 is 18.8 Å². The number of nitrogens with zero attached hydrogens (tertiary/aromatic N) is 2. The molecule has 2 aromatic carbocycles. The van der Waals surface area contributed by atoms with Crippen LogP contribution in [0.15, 0.2) is 57.5 Å². The van der Waals surface area contributed by atoms with Crippen molar-refractivity contribution in [2.45, 2.75) is 39.2 Å². The first-order valence-electron chi connectivity index (χ1n) is 10.3. The fraction of sp³-hybridized carbons (Fsp3) is 0.292. The molecule has 4 aromatic rings. The van der Waals surface area contributed by atoms with Crippen LogP contribution in [0, 0.1) is 6.92 Å². The lowest BCUT2D eigenvalue weighted by molar-refractivity contribution is -0.152. The first kappa shape index (κ1) is 20.8. The number of fused-ring (bicyclic) bond motifs is 1. The molecular formula is C24H24N2O5. The van der Waals surface area contributed by atoms with Gasteiger partial charge in [-0.1, -0.05) is 29.4 Å². The molecular weight excluding hydrogens is 396 g/mol. The molecule has 1 unspecified atom stereocenters. The van der Waals surface area contributed by atoms with Crippen LogP contribution in [0.3, 0.4) is 0 Å². The number of carbonyl (C=O) groups excluding carboxylic acids is 1. The van der Waals surface area contributed by atoms with Gasteiger partial charge in [0.1, 0.15) is 5.76 Å². The summed E-state index contributed by atoms with van der Waals surface area (Å²) in [5.74, 6) is 0.781. The van der Waals surface area contributed by atoms with E-state index >= 15 is 0 Å². The van der Waals surface area contributed by atoms with E-state index < -0.39 is 12.1 Å². The van der Waals surface area contributed by atoms with Crippen LogP contribution in [0.4, 0.5) is 0 Å². The largest absolute Gasteiger partial charge is 0.464 e. The maximum Gasteiger partial charge on any atom is 0.335 e. The van der Waals surface area contributed by atoms with Gasteiger partial charge in [-0.05, 0) is 56.5 Å². The minimum absolute atomic E-state index is 0.158. The lowest BCUT2D eigenvalue weighted by Crippen LogP contribution is -2.25. The zero-order valence-corrected chi connectivity index (χ0v) is 17.5. The quantitative estimate of drug-likeness (QED) is 0.430. The van der Waals surface area contributed by atoms with E-state index in [0.717, 1.165) is 33.7 Å². The summed E-state index contributed by atoms with van der Waals surface area (Å²) in [6.45, 7) is 3.85. The molecule has 2 aromatic heterocycles. The number of esters is 1. The first-order chi connectivity index (χ1) is 15.0. The summed E-state index contributed by atoms with van der Waals surface area (Å²) in [5.41, 5.74) is 4.06. The normalized spacial score (nSPS) is 12.2. The zero-order valence-electron chi connectivity index (χ0n) is 17.5. The smallest absolute Gasteiger partial charge is 0.335 e. The lowest BCUT2D eigenvalue weighted by Gasteiger charge is -2.09. The van der Waals surface area contributed by atoms with Crippen molar-refractivity contribution in [3.63, 3.8) is 0 Å². The van der Waals surface area contributed by atoms with Crippen molar-refractivity contribution in [2.24, 2.45) is 0 Å². The first-order valence-corrected chi connectivity index (χ1v) is 10.3. The van der Waals surface area contributed by atoms with Crippen molar-refractivity contribution < 1.29 is 23.6 Å². The molecule has 0 radical (unpaired) electrons. The van der Waals surface area contributed by atoms with Crippen LogP contribution in [0.1, 0.15) is 29.6 Å². The molecule has 160 valence electrons. The van der Waals surface area contributed by atoms with Gasteiger partial charge in [-0.15, -0.1) is 0 Å². The molecule has 0 fully saturated rings. The van der Waals surface area contributed by atoms with Gasteiger partial charge in [0.05, 0.1) is 18.0 Å². The van der Waals surface area contributed by atoms with Crippen molar-refractivity contribution in [1.29, 1.82) is 0 Å². The molecule has 0 bridgehead atoms. The Bertz CT molecular complexity index is 1180. The number of oxazole rings is 1. The Morgan fingerprint density at radius 1 is 1.13 bits per heavy atom. The summed E-state index contributed by atoms with van der Waals surface area (Å²) in [5, 5.41) is 15.1. The molecule has 0 aliphatic carbocycles. The van der Waals surface area contributed by atoms with Crippen LogP contribution >= 0.6 is 0 Å². The summed E-state index contributed by atoms with van der Waals surface area (Å²) >= 11 is 0. The van der Waals surface area contributed by atoms with Crippen molar-refractivity contribution in [2.75, 3.05) is 6.61 Å². The average Bonchev–Trinajstić information content (AvgIpc) is 3.35. The van der Waals surface area contributed by atoms with E-state index in [9.17, 15) is 9.90 Å². The van der Waals surface area contributed by atoms with Gasteiger partial charge in [-0.25, -0.2) is 9.78 Å². The lowest BCUT2D eigenvalue weighted by atomic mass is 10.0. The average molecular weight is 420 g/mol. The van der Waals surface area contributed by atoms with Crippen molar-refractivity contribution in [3.05, 3.63) is 71.2 Å². The highest BCUT2D eigenvalue weighted by Crippen LogP contribution is 2.25. The highest BCUT2D eigenvalue weighted by atomic mass is 16.5. The number of carbonyl (C=O) groups is 1. The van der Waals surface area contributed by atoms with Crippen LogP contribution in [-0.2, 0) is 28.8 Å². The van der Waals surface area contributed by atoms with E-state index in [0.29, 0.717) is 24.3 Å². The van der Waals surface area contributed by atoms with E-state index in [1.54, 1.807) is 13.0 Å². The number of aliphatic hydroxyl groups is 1. The summed E-state index contributed by atoms with van der Waals surface area (Å²) in [6, 6.07) is 15.4. The van der Waals surface area contributed by atoms with Crippen molar-refractivity contribution >= 4 is 16.9 Å². The van der Waals surface area contributed by atoms with E-state index in [4.69, 9.17) is 13.7 Å². The fourth-order valence-electron chi connectivity index (χ4n) is 3.49. The predicted molar refractivity (Wildman–Crippen MR) is 114 cm³/mol. The van der Waals surface area contributed by atoms with Crippen LogP contribution < -0.4 is 0 Å². The Hall–Kier alpha value is -3.45. The monoisotopic (exact) mass is 420 g/mol. The van der Waals surface area contributed by atoms with Crippen LogP contribution in [0.25, 0.3) is 22.4 Å². The maximum atomic E-state index is 11.6. The van der Waals surface area contributed by atoms with Crippen LogP contribution in [0.5, 0.6) is 0 Å². The second-order valence-electron chi connectivity index (χ2n) is 7.32. The third-order valence-electron chi connectivity index (χ3n) is 5.11. The Morgan fingerprint density at radius 3 is 2.68 bits per heavy atom. The van der Waals surface area contributed by atoms with E-state index in [1.165, 1.54) is 0 Å². The third-order valence-corrected chi connectivity index (χ3v) is 5.11. The molecule has 7 nitrogen and oxygen atoms in total. The Kier molecular flexibility index (Phi) is 6.13. The predicted octanol–water partition coefficient (Wildman–Crippen LogP) is 4.04. The van der Waals surface area contributed by atoms with Gasteiger partial charge in [-0.3, -0.25) is 0 Å². The highest BCUT2D eigenvalue weighted by molar-refractivity contribution is 5.80. The minimum Gasteiger partial charge on any atom is -0.464 e. The van der Waals surface area contributed by atoms with Gasteiger partial charge in [0.2, 0.25) is 5.89 Å². The van der Waals surface area contributed by atoms with E-state index in [1.807, 2.05) is 49.4 Å². The van der Waals surface area contributed by atoms with E-state index in [-0.39, 0.29) is 13.0 Å². The van der Waals surface area contributed by atoms with Crippen LogP contribution in [-0.4, -0.2) is 33.9 Å². The summed E-state index contributed by atoms with van der Waals surface area (Å²) < 4.78 is 16.2. The number of hydrogen-bond acceptors (Lipinski definition) is 7. The SMILES string of the molecule is CCOC(=O)C(O)Cc1ccc2c(CCc3nc(-c4ccccc4)oc3C)noc2c1. The summed E-state index contributed by atoms with van der Waals surface area (Å²) in [7, 11) is 0. The zero-order chi connectivity index (χ0) is 21.8. The van der Waals surface area contributed by atoms with Gasteiger partial charge in [0.25, 0.3) is 0 Å². The van der Waals surface area contributed by atoms with Crippen molar-refractivity contribution in [1.82, 2.24) is 10.1 Å². The van der Waals surface area contributed by atoms with Gasteiger partial charge in [0, 0.05) is 17.4 Å². The number of benzene rings is 2. The molecule has 0 amide bonds. The molecule has 0 saturated carbocycles. The molecule has 1 atom stereocenters. The Balaban J connectivity index is 1.45. The van der Waals surface area contributed by atoms with Crippen LogP contribution in [0.2, 0.25) is 0 Å². The Morgan fingerprint density at radius 2 is 1.90 bits per heavy atom. The standard InChI is InChI=1S/C24H24N2O5/c1-3-29-24(28)21(27)13-16-9-10-18-20(26-31-22(18)14-16)12-11-19-15(2)30-23(25-19)17-7-5-4-6-8-17/h4-10,14,21,27H,3,11-13H2,1-2H3. The molecule has 0 saturated heterocycles. The van der Waals surface area contributed by atoms with Gasteiger partial charge in [0.15, 0.2) is 11.7 Å².